The lowest BCUT2D eigenvalue weighted by Crippen LogP contribution is -1.94. The standard InChI is InChI=1S/C17H19BrO/c1-10-6-15(13(4)16(18)7-10)14-8-11(2)17(19-5)12(3)9-14/h6-9H,1-5H3. The van der Waals surface area contributed by atoms with Gasteiger partial charge in [0.1, 0.15) is 5.75 Å². The van der Waals surface area contributed by atoms with E-state index in [-0.39, 0.29) is 0 Å². The van der Waals surface area contributed by atoms with Gasteiger partial charge in [-0.25, -0.2) is 0 Å². The minimum atomic E-state index is 0.980. The summed E-state index contributed by atoms with van der Waals surface area (Å²) in [5.41, 5.74) is 7.41. The average molecular weight is 319 g/mol. The van der Waals surface area contributed by atoms with Crippen molar-refractivity contribution in [3.8, 4) is 16.9 Å². The van der Waals surface area contributed by atoms with Crippen molar-refractivity contribution >= 4 is 15.9 Å². The number of halogens is 1. The lowest BCUT2D eigenvalue weighted by atomic mass is 9.95. The van der Waals surface area contributed by atoms with Gasteiger partial charge in [-0.15, -0.1) is 0 Å². The minimum Gasteiger partial charge on any atom is -0.496 e. The smallest absolute Gasteiger partial charge is 0.124 e. The summed E-state index contributed by atoms with van der Waals surface area (Å²) in [4.78, 5) is 0. The van der Waals surface area contributed by atoms with Crippen molar-refractivity contribution in [3.63, 3.8) is 0 Å². The van der Waals surface area contributed by atoms with Crippen LogP contribution in [0.2, 0.25) is 0 Å². The molecule has 0 spiro atoms. The Bertz CT molecular complexity index is 606. The number of hydrogen-bond acceptors (Lipinski definition) is 1. The molecule has 0 aromatic heterocycles. The topological polar surface area (TPSA) is 9.23 Å². The Morgan fingerprint density at radius 3 is 2.00 bits per heavy atom. The fourth-order valence-corrected chi connectivity index (χ4v) is 3.12. The van der Waals surface area contributed by atoms with Gasteiger partial charge in [0.2, 0.25) is 0 Å². The molecular formula is C17H19BrO. The molecule has 0 aliphatic carbocycles. The van der Waals surface area contributed by atoms with Crippen LogP contribution in [0.4, 0.5) is 0 Å². The molecule has 0 aliphatic rings. The van der Waals surface area contributed by atoms with E-state index >= 15 is 0 Å². The first kappa shape index (κ1) is 14.1. The van der Waals surface area contributed by atoms with Gasteiger partial charge in [0.25, 0.3) is 0 Å². The summed E-state index contributed by atoms with van der Waals surface area (Å²) < 4.78 is 6.60. The first-order chi connectivity index (χ1) is 8.93. The van der Waals surface area contributed by atoms with Gasteiger partial charge in [-0.1, -0.05) is 22.0 Å². The molecule has 0 heterocycles. The summed E-state index contributed by atoms with van der Waals surface area (Å²) in [5, 5.41) is 0. The Labute approximate surface area is 123 Å². The summed E-state index contributed by atoms with van der Waals surface area (Å²) in [6.07, 6.45) is 0. The van der Waals surface area contributed by atoms with Gasteiger partial charge in [0.15, 0.2) is 0 Å². The molecule has 0 bridgehead atoms. The van der Waals surface area contributed by atoms with Crippen LogP contribution in [-0.4, -0.2) is 7.11 Å². The number of benzene rings is 2. The molecule has 0 unspecified atom stereocenters. The van der Waals surface area contributed by atoms with E-state index in [4.69, 9.17) is 4.74 Å². The van der Waals surface area contributed by atoms with Gasteiger partial charge in [-0.05, 0) is 79.3 Å². The van der Waals surface area contributed by atoms with E-state index in [1.54, 1.807) is 7.11 Å². The highest BCUT2D eigenvalue weighted by molar-refractivity contribution is 9.10. The molecule has 2 rings (SSSR count). The summed E-state index contributed by atoms with van der Waals surface area (Å²) in [6.45, 7) is 8.45. The monoisotopic (exact) mass is 318 g/mol. The molecule has 0 amide bonds. The van der Waals surface area contributed by atoms with Crippen molar-refractivity contribution in [2.24, 2.45) is 0 Å². The van der Waals surface area contributed by atoms with Crippen molar-refractivity contribution in [3.05, 3.63) is 51.0 Å². The van der Waals surface area contributed by atoms with Crippen molar-refractivity contribution in [1.82, 2.24) is 0 Å². The first-order valence-corrected chi connectivity index (χ1v) is 7.15. The lowest BCUT2D eigenvalue weighted by Gasteiger charge is -2.14. The third kappa shape index (κ3) is 2.69. The van der Waals surface area contributed by atoms with Crippen LogP contribution < -0.4 is 4.74 Å². The Hall–Kier alpha value is -1.28. The zero-order chi connectivity index (χ0) is 14.2. The maximum absolute atomic E-state index is 5.44. The van der Waals surface area contributed by atoms with Crippen LogP contribution in [0.3, 0.4) is 0 Å². The van der Waals surface area contributed by atoms with Crippen LogP contribution >= 0.6 is 15.9 Å². The van der Waals surface area contributed by atoms with E-state index in [1.165, 1.54) is 33.4 Å². The maximum atomic E-state index is 5.44. The fourth-order valence-electron chi connectivity index (χ4n) is 2.54. The third-order valence-electron chi connectivity index (χ3n) is 3.46. The van der Waals surface area contributed by atoms with Gasteiger partial charge >= 0.3 is 0 Å². The highest BCUT2D eigenvalue weighted by Crippen LogP contribution is 2.34. The van der Waals surface area contributed by atoms with Crippen LogP contribution in [0.5, 0.6) is 5.75 Å². The zero-order valence-electron chi connectivity index (χ0n) is 12.1. The van der Waals surface area contributed by atoms with Crippen molar-refractivity contribution < 1.29 is 4.74 Å². The largest absolute Gasteiger partial charge is 0.496 e. The van der Waals surface area contributed by atoms with E-state index < -0.39 is 0 Å². The molecule has 0 fully saturated rings. The SMILES string of the molecule is COc1c(C)cc(-c2cc(C)cc(Br)c2C)cc1C. The summed E-state index contributed by atoms with van der Waals surface area (Å²) in [5.74, 6) is 0.980. The Kier molecular flexibility index (Phi) is 4.00. The maximum Gasteiger partial charge on any atom is 0.124 e. The second kappa shape index (κ2) is 5.38. The molecular weight excluding hydrogens is 300 g/mol. The summed E-state index contributed by atoms with van der Waals surface area (Å²) in [7, 11) is 1.73. The highest BCUT2D eigenvalue weighted by Gasteiger charge is 2.10. The van der Waals surface area contributed by atoms with Crippen LogP contribution in [0.25, 0.3) is 11.1 Å². The van der Waals surface area contributed by atoms with Crippen molar-refractivity contribution in [2.75, 3.05) is 7.11 Å². The van der Waals surface area contributed by atoms with Crippen molar-refractivity contribution in [1.29, 1.82) is 0 Å². The number of rotatable bonds is 2. The fraction of sp³-hybridized carbons (Fsp3) is 0.294. The van der Waals surface area contributed by atoms with Crippen LogP contribution in [0.15, 0.2) is 28.7 Å². The van der Waals surface area contributed by atoms with E-state index in [1.807, 2.05) is 0 Å². The predicted octanol–water partition coefficient (Wildman–Crippen LogP) is 5.36. The zero-order valence-corrected chi connectivity index (χ0v) is 13.7. The summed E-state index contributed by atoms with van der Waals surface area (Å²) in [6, 6.07) is 8.78. The number of hydrogen-bond donors (Lipinski definition) is 0. The highest BCUT2D eigenvalue weighted by atomic mass is 79.9. The molecule has 0 radical (unpaired) electrons. The predicted molar refractivity (Wildman–Crippen MR) is 85.1 cm³/mol. The molecule has 0 saturated heterocycles. The lowest BCUT2D eigenvalue weighted by molar-refractivity contribution is 0.408. The van der Waals surface area contributed by atoms with E-state index in [0.717, 1.165) is 10.2 Å². The quantitative estimate of drug-likeness (QED) is 0.724. The minimum absolute atomic E-state index is 0.980. The van der Waals surface area contributed by atoms with Gasteiger partial charge in [-0.3, -0.25) is 0 Å². The van der Waals surface area contributed by atoms with Gasteiger partial charge in [0, 0.05) is 4.47 Å². The van der Waals surface area contributed by atoms with E-state index in [2.05, 4.69) is 67.9 Å². The second-order valence-corrected chi connectivity index (χ2v) is 5.92. The Morgan fingerprint density at radius 1 is 0.895 bits per heavy atom. The van der Waals surface area contributed by atoms with Gasteiger partial charge in [0.05, 0.1) is 7.11 Å². The molecule has 2 aromatic carbocycles. The number of aryl methyl sites for hydroxylation is 3. The van der Waals surface area contributed by atoms with E-state index in [9.17, 15) is 0 Å². The first-order valence-electron chi connectivity index (χ1n) is 6.36. The summed E-state index contributed by atoms with van der Waals surface area (Å²) >= 11 is 3.63. The average Bonchev–Trinajstić information content (AvgIpc) is 2.33. The van der Waals surface area contributed by atoms with Crippen molar-refractivity contribution in [2.45, 2.75) is 27.7 Å². The van der Waals surface area contributed by atoms with Gasteiger partial charge < -0.3 is 4.74 Å². The third-order valence-corrected chi connectivity index (χ3v) is 4.29. The van der Waals surface area contributed by atoms with Crippen LogP contribution in [-0.2, 0) is 0 Å². The van der Waals surface area contributed by atoms with Crippen LogP contribution in [0.1, 0.15) is 22.3 Å². The second-order valence-electron chi connectivity index (χ2n) is 5.06. The Morgan fingerprint density at radius 2 is 1.47 bits per heavy atom. The molecule has 100 valence electrons. The molecule has 2 aromatic rings. The molecule has 1 nitrogen and oxygen atoms in total. The molecule has 0 saturated carbocycles. The number of methoxy groups -OCH3 is 1. The molecule has 0 atom stereocenters. The van der Waals surface area contributed by atoms with Crippen LogP contribution in [0, 0.1) is 27.7 Å². The number of ether oxygens (including phenoxy) is 1. The molecule has 19 heavy (non-hydrogen) atoms. The molecule has 2 heteroatoms. The van der Waals surface area contributed by atoms with E-state index in [0.29, 0.717) is 0 Å². The molecule has 0 aliphatic heterocycles. The normalized spacial score (nSPS) is 10.6. The Balaban J connectivity index is 2.66. The molecule has 0 N–H and O–H groups in total. The van der Waals surface area contributed by atoms with Gasteiger partial charge in [-0.2, -0.15) is 0 Å².